The van der Waals surface area contributed by atoms with Crippen molar-refractivity contribution in [2.24, 2.45) is 0 Å². The van der Waals surface area contributed by atoms with Crippen molar-refractivity contribution >= 4 is 21.6 Å². The van der Waals surface area contributed by atoms with Crippen LogP contribution in [0.4, 0.5) is 5.69 Å². The Labute approximate surface area is 169 Å². The molecule has 3 aromatic rings. The maximum Gasteiger partial charge on any atom is 0.261 e. The molecule has 0 aliphatic carbocycles. The molecule has 3 rings (SSSR count). The number of hydrogen-bond donors (Lipinski definition) is 2. The van der Waals surface area contributed by atoms with Crippen molar-refractivity contribution in [1.29, 1.82) is 0 Å². The van der Waals surface area contributed by atoms with E-state index in [1.54, 1.807) is 42.7 Å². The zero-order valence-corrected chi connectivity index (χ0v) is 16.7. The van der Waals surface area contributed by atoms with E-state index in [4.69, 9.17) is 9.15 Å². The molecule has 0 aliphatic rings. The fraction of sp³-hybridized carbons (Fsp3) is 0.190. The van der Waals surface area contributed by atoms with Crippen LogP contribution in [-0.2, 0) is 16.4 Å². The van der Waals surface area contributed by atoms with Crippen LogP contribution in [0, 0.1) is 0 Å². The third-order valence-corrected chi connectivity index (χ3v) is 5.63. The van der Waals surface area contributed by atoms with Gasteiger partial charge in [0, 0.05) is 24.2 Å². The van der Waals surface area contributed by atoms with Crippen LogP contribution >= 0.6 is 0 Å². The number of benzene rings is 2. The van der Waals surface area contributed by atoms with Crippen LogP contribution in [0.1, 0.15) is 22.5 Å². The summed E-state index contributed by atoms with van der Waals surface area (Å²) in [6.45, 7) is 0.519. The summed E-state index contributed by atoms with van der Waals surface area (Å²) in [5, 5.41) is 2.83. The second kappa shape index (κ2) is 9.29. The lowest BCUT2D eigenvalue weighted by Gasteiger charge is -2.10. The van der Waals surface area contributed by atoms with Crippen molar-refractivity contribution in [3.8, 4) is 5.75 Å². The number of rotatable bonds is 9. The number of carbonyl (C=O) groups is 1. The zero-order chi connectivity index (χ0) is 20.7. The number of aryl methyl sites for hydroxylation is 1. The second-order valence-corrected chi connectivity index (χ2v) is 7.98. The van der Waals surface area contributed by atoms with Crippen LogP contribution in [0.15, 0.2) is 76.2 Å². The maximum atomic E-state index is 12.5. The topological polar surface area (TPSA) is 97.6 Å². The standard InChI is InChI=1S/C21H22N2O5S/c1-27-18-10-12-20(13-11-18)29(25,26)23-17-8-6-16(7-9-17)21(24)22-14-2-4-19-5-3-15-28-19/h3,5-13,15,23H,2,4,14H2,1H3,(H,22,24). The lowest BCUT2D eigenvalue weighted by atomic mass is 10.2. The summed E-state index contributed by atoms with van der Waals surface area (Å²) < 4.78 is 37.7. The van der Waals surface area contributed by atoms with E-state index in [2.05, 4.69) is 10.0 Å². The Morgan fingerprint density at radius 3 is 2.38 bits per heavy atom. The number of anilines is 1. The van der Waals surface area contributed by atoms with Crippen LogP contribution in [-0.4, -0.2) is 28.0 Å². The Morgan fingerprint density at radius 1 is 1.03 bits per heavy atom. The molecule has 0 unspecified atom stereocenters. The monoisotopic (exact) mass is 414 g/mol. The van der Waals surface area contributed by atoms with Crippen LogP contribution < -0.4 is 14.8 Å². The minimum atomic E-state index is -3.73. The average molecular weight is 414 g/mol. The normalized spacial score (nSPS) is 11.1. The third kappa shape index (κ3) is 5.61. The van der Waals surface area contributed by atoms with Crippen molar-refractivity contribution in [3.63, 3.8) is 0 Å². The van der Waals surface area contributed by atoms with E-state index in [0.29, 0.717) is 23.5 Å². The van der Waals surface area contributed by atoms with Crippen LogP contribution in [0.5, 0.6) is 5.75 Å². The number of nitrogens with one attached hydrogen (secondary N) is 2. The number of sulfonamides is 1. The van der Waals surface area contributed by atoms with Crippen molar-refractivity contribution < 1.29 is 22.4 Å². The molecule has 0 radical (unpaired) electrons. The maximum absolute atomic E-state index is 12.5. The van der Waals surface area contributed by atoms with Gasteiger partial charge in [-0.25, -0.2) is 8.42 Å². The number of hydrogen-bond acceptors (Lipinski definition) is 5. The van der Waals surface area contributed by atoms with E-state index in [9.17, 15) is 13.2 Å². The molecule has 2 N–H and O–H groups in total. The highest BCUT2D eigenvalue weighted by molar-refractivity contribution is 7.92. The van der Waals surface area contributed by atoms with Crippen molar-refractivity contribution in [1.82, 2.24) is 5.32 Å². The molecule has 152 valence electrons. The summed E-state index contributed by atoms with van der Waals surface area (Å²) in [6, 6.07) is 16.1. The van der Waals surface area contributed by atoms with Gasteiger partial charge < -0.3 is 14.5 Å². The Balaban J connectivity index is 1.53. The smallest absolute Gasteiger partial charge is 0.261 e. The van der Waals surface area contributed by atoms with Crippen molar-refractivity contribution in [2.45, 2.75) is 17.7 Å². The first-order valence-electron chi connectivity index (χ1n) is 9.05. The molecular weight excluding hydrogens is 392 g/mol. The number of furan rings is 1. The molecule has 0 spiro atoms. The van der Waals surface area contributed by atoms with Gasteiger partial charge in [-0.3, -0.25) is 9.52 Å². The highest BCUT2D eigenvalue weighted by Crippen LogP contribution is 2.19. The molecule has 1 aromatic heterocycles. The first-order chi connectivity index (χ1) is 14.0. The summed E-state index contributed by atoms with van der Waals surface area (Å²) >= 11 is 0. The zero-order valence-electron chi connectivity index (χ0n) is 15.9. The summed E-state index contributed by atoms with van der Waals surface area (Å²) in [6.07, 6.45) is 3.14. The molecule has 0 bridgehead atoms. The average Bonchev–Trinajstić information content (AvgIpc) is 3.25. The Kier molecular flexibility index (Phi) is 6.56. The molecule has 0 saturated carbocycles. The van der Waals surface area contributed by atoms with Gasteiger partial charge in [-0.15, -0.1) is 0 Å². The van der Waals surface area contributed by atoms with Gasteiger partial charge in [0.25, 0.3) is 15.9 Å². The van der Waals surface area contributed by atoms with E-state index >= 15 is 0 Å². The first-order valence-corrected chi connectivity index (χ1v) is 10.5. The Bertz CT molecular complexity index is 1030. The van der Waals surface area contributed by atoms with Gasteiger partial charge >= 0.3 is 0 Å². The molecule has 29 heavy (non-hydrogen) atoms. The van der Waals surface area contributed by atoms with E-state index in [1.807, 2.05) is 12.1 Å². The van der Waals surface area contributed by atoms with E-state index in [-0.39, 0.29) is 10.8 Å². The summed E-state index contributed by atoms with van der Waals surface area (Å²) in [7, 11) is -2.21. The van der Waals surface area contributed by atoms with Crippen LogP contribution in [0.3, 0.4) is 0 Å². The van der Waals surface area contributed by atoms with Crippen LogP contribution in [0.25, 0.3) is 0 Å². The quantitative estimate of drug-likeness (QED) is 0.523. The molecule has 1 amide bonds. The van der Waals surface area contributed by atoms with E-state index < -0.39 is 10.0 Å². The summed E-state index contributed by atoms with van der Waals surface area (Å²) in [5.41, 5.74) is 0.825. The fourth-order valence-corrected chi connectivity index (χ4v) is 3.74. The molecule has 8 heteroatoms. The predicted octanol–water partition coefficient (Wildman–Crippen LogP) is 3.45. The van der Waals surface area contributed by atoms with Crippen molar-refractivity contribution in [3.05, 3.63) is 78.3 Å². The second-order valence-electron chi connectivity index (χ2n) is 6.30. The van der Waals surface area contributed by atoms with Gasteiger partial charge in [0.2, 0.25) is 0 Å². The Morgan fingerprint density at radius 2 is 1.76 bits per heavy atom. The molecule has 1 heterocycles. The number of carbonyl (C=O) groups excluding carboxylic acids is 1. The molecule has 0 saturated heterocycles. The number of amides is 1. The van der Waals surface area contributed by atoms with Gasteiger partial charge in [0.1, 0.15) is 11.5 Å². The van der Waals surface area contributed by atoms with E-state index in [1.165, 1.54) is 19.2 Å². The summed E-state index contributed by atoms with van der Waals surface area (Å²) in [4.78, 5) is 12.3. The van der Waals surface area contributed by atoms with Gasteiger partial charge in [-0.05, 0) is 67.1 Å². The third-order valence-electron chi connectivity index (χ3n) is 4.23. The Hall–Kier alpha value is -3.26. The SMILES string of the molecule is COc1ccc(S(=O)(=O)Nc2ccc(C(=O)NCCCc3ccco3)cc2)cc1. The van der Waals surface area contributed by atoms with Gasteiger partial charge in [0.05, 0.1) is 18.3 Å². The molecular formula is C21H22N2O5S. The van der Waals surface area contributed by atoms with Crippen molar-refractivity contribution in [2.75, 3.05) is 18.4 Å². The van der Waals surface area contributed by atoms with Gasteiger partial charge in [-0.2, -0.15) is 0 Å². The highest BCUT2D eigenvalue weighted by atomic mass is 32.2. The van der Waals surface area contributed by atoms with Gasteiger partial charge in [0.15, 0.2) is 0 Å². The van der Waals surface area contributed by atoms with E-state index in [0.717, 1.165) is 18.6 Å². The van der Waals surface area contributed by atoms with Crippen LogP contribution in [0.2, 0.25) is 0 Å². The minimum absolute atomic E-state index is 0.122. The lowest BCUT2D eigenvalue weighted by molar-refractivity contribution is 0.0953. The minimum Gasteiger partial charge on any atom is -0.497 e. The molecule has 0 aliphatic heterocycles. The lowest BCUT2D eigenvalue weighted by Crippen LogP contribution is -2.24. The number of methoxy groups -OCH3 is 1. The summed E-state index contributed by atoms with van der Waals surface area (Å²) in [5.74, 6) is 1.24. The number of ether oxygens (including phenoxy) is 1. The largest absolute Gasteiger partial charge is 0.497 e. The molecule has 0 atom stereocenters. The molecule has 7 nitrogen and oxygen atoms in total. The first kappa shape index (κ1) is 20.5. The highest BCUT2D eigenvalue weighted by Gasteiger charge is 2.14. The fourth-order valence-electron chi connectivity index (χ4n) is 2.68. The predicted molar refractivity (Wildman–Crippen MR) is 110 cm³/mol. The molecule has 2 aromatic carbocycles. The van der Waals surface area contributed by atoms with Gasteiger partial charge in [-0.1, -0.05) is 0 Å². The molecule has 0 fully saturated rings.